The van der Waals surface area contributed by atoms with E-state index in [-0.39, 0.29) is 11.1 Å². The Balaban J connectivity index is 2.63. The second-order valence-electron chi connectivity index (χ2n) is 4.43. The SMILES string of the molecule is NC(=O)c1cccc(-c2ccc(C(N)=O)cc2C(N)=O)c1. The van der Waals surface area contributed by atoms with Gasteiger partial charge in [-0.15, -0.1) is 0 Å². The number of carbonyl (C=O) groups is 3. The minimum atomic E-state index is -0.697. The van der Waals surface area contributed by atoms with Crippen LogP contribution < -0.4 is 17.2 Å². The van der Waals surface area contributed by atoms with Crippen LogP contribution in [-0.2, 0) is 0 Å². The van der Waals surface area contributed by atoms with E-state index in [1.807, 2.05) is 0 Å². The van der Waals surface area contributed by atoms with Crippen molar-refractivity contribution in [2.45, 2.75) is 0 Å². The summed E-state index contributed by atoms with van der Waals surface area (Å²) in [6.45, 7) is 0. The molecule has 2 aromatic carbocycles. The molecule has 0 heterocycles. The summed E-state index contributed by atoms with van der Waals surface area (Å²) in [5.74, 6) is -1.93. The number of hydrogen-bond acceptors (Lipinski definition) is 3. The third kappa shape index (κ3) is 2.89. The smallest absolute Gasteiger partial charge is 0.249 e. The molecule has 0 aliphatic heterocycles. The van der Waals surface area contributed by atoms with E-state index in [2.05, 4.69) is 0 Å². The maximum atomic E-state index is 11.6. The molecule has 0 aliphatic carbocycles. The van der Waals surface area contributed by atoms with Gasteiger partial charge in [0.05, 0.1) is 0 Å². The van der Waals surface area contributed by atoms with Crippen LogP contribution in [-0.4, -0.2) is 17.7 Å². The molecule has 3 amide bonds. The number of benzene rings is 2. The van der Waals surface area contributed by atoms with Gasteiger partial charge in [0.2, 0.25) is 17.7 Å². The molecule has 6 N–H and O–H groups in total. The first-order valence-electron chi connectivity index (χ1n) is 6.04. The van der Waals surface area contributed by atoms with Crippen molar-refractivity contribution >= 4 is 17.7 Å². The molecule has 0 saturated carbocycles. The molecule has 0 saturated heterocycles. The van der Waals surface area contributed by atoms with E-state index in [0.717, 1.165) is 0 Å². The van der Waals surface area contributed by atoms with Crippen molar-refractivity contribution in [3.63, 3.8) is 0 Å². The van der Waals surface area contributed by atoms with Gasteiger partial charge in [-0.05, 0) is 35.4 Å². The Hall–Kier alpha value is -3.15. The molecule has 0 fully saturated rings. The Morgan fingerprint density at radius 1 is 0.714 bits per heavy atom. The van der Waals surface area contributed by atoms with E-state index >= 15 is 0 Å². The molecule has 0 unspecified atom stereocenters. The average Bonchev–Trinajstić information content (AvgIpc) is 2.46. The fraction of sp³-hybridized carbons (Fsp3) is 0. The maximum Gasteiger partial charge on any atom is 0.249 e. The molecule has 0 bridgehead atoms. The van der Waals surface area contributed by atoms with Crippen LogP contribution in [0.2, 0.25) is 0 Å². The summed E-state index contributed by atoms with van der Waals surface area (Å²) in [6.07, 6.45) is 0. The molecule has 106 valence electrons. The van der Waals surface area contributed by atoms with Crippen LogP contribution in [0.5, 0.6) is 0 Å². The van der Waals surface area contributed by atoms with Crippen molar-refractivity contribution in [2.75, 3.05) is 0 Å². The number of carbonyl (C=O) groups excluding carboxylic acids is 3. The van der Waals surface area contributed by atoms with E-state index in [4.69, 9.17) is 17.2 Å². The Morgan fingerprint density at radius 3 is 1.90 bits per heavy atom. The van der Waals surface area contributed by atoms with Crippen LogP contribution >= 0.6 is 0 Å². The predicted molar refractivity (Wildman–Crippen MR) is 77.4 cm³/mol. The van der Waals surface area contributed by atoms with Gasteiger partial charge in [-0.25, -0.2) is 0 Å². The number of hydrogen-bond donors (Lipinski definition) is 3. The zero-order valence-corrected chi connectivity index (χ0v) is 11.0. The van der Waals surface area contributed by atoms with Crippen LogP contribution in [0.25, 0.3) is 11.1 Å². The fourth-order valence-corrected chi connectivity index (χ4v) is 1.99. The second kappa shape index (κ2) is 5.46. The number of rotatable bonds is 4. The molecular weight excluding hydrogens is 270 g/mol. The quantitative estimate of drug-likeness (QED) is 0.761. The molecular formula is C15H13N3O3. The van der Waals surface area contributed by atoms with Gasteiger partial charge in [-0.1, -0.05) is 18.2 Å². The summed E-state index contributed by atoms with van der Waals surface area (Å²) in [4.78, 5) is 34.0. The molecule has 6 heteroatoms. The molecule has 2 rings (SSSR count). The Kier molecular flexibility index (Phi) is 3.71. The van der Waals surface area contributed by atoms with E-state index in [1.54, 1.807) is 30.3 Å². The van der Waals surface area contributed by atoms with Crippen LogP contribution in [0, 0.1) is 0 Å². The highest BCUT2D eigenvalue weighted by atomic mass is 16.2. The van der Waals surface area contributed by atoms with Gasteiger partial charge in [0.25, 0.3) is 0 Å². The summed E-state index contributed by atoms with van der Waals surface area (Å²) in [7, 11) is 0. The summed E-state index contributed by atoms with van der Waals surface area (Å²) < 4.78 is 0. The van der Waals surface area contributed by atoms with Crippen LogP contribution in [0.4, 0.5) is 0 Å². The number of amides is 3. The normalized spacial score (nSPS) is 10.1. The summed E-state index contributed by atoms with van der Waals surface area (Å²) >= 11 is 0. The first-order valence-corrected chi connectivity index (χ1v) is 6.04. The molecule has 0 radical (unpaired) electrons. The average molecular weight is 283 g/mol. The van der Waals surface area contributed by atoms with Crippen molar-refractivity contribution in [2.24, 2.45) is 17.2 Å². The lowest BCUT2D eigenvalue weighted by Crippen LogP contribution is -2.16. The van der Waals surface area contributed by atoms with E-state index in [9.17, 15) is 14.4 Å². The Morgan fingerprint density at radius 2 is 1.33 bits per heavy atom. The van der Waals surface area contributed by atoms with Crippen LogP contribution in [0.1, 0.15) is 31.1 Å². The topological polar surface area (TPSA) is 129 Å². The van der Waals surface area contributed by atoms with E-state index in [1.165, 1.54) is 12.1 Å². The minimum Gasteiger partial charge on any atom is -0.366 e. The van der Waals surface area contributed by atoms with Crippen LogP contribution in [0.3, 0.4) is 0 Å². The third-order valence-corrected chi connectivity index (χ3v) is 3.03. The first-order chi connectivity index (χ1) is 9.90. The van der Waals surface area contributed by atoms with Gasteiger partial charge in [-0.2, -0.15) is 0 Å². The van der Waals surface area contributed by atoms with Crippen molar-refractivity contribution in [1.82, 2.24) is 0 Å². The van der Waals surface area contributed by atoms with Gasteiger partial charge < -0.3 is 17.2 Å². The van der Waals surface area contributed by atoms with Gasteiger partial charge in [0.15, 0.2) is 0 Å². The highest BCUT2D eigenvalue weighted by molar-refractivity contribution is 6.04. The lowest BCUT2D eigenvalue weighted by atomic mass is 9.95. The summed E-state index contributed by atoms with van der Waals surface area (Å²) in [6, 6.07) is 10.8. The van der Waals surface area contributed by atoms with Crippen molar-refractivity contribution in [1.29, 1.82) is 0 Å². The van der Waals surface area contributed by atoms with E-state index in [0.29, 0.717) is 16.7 Å². The fourth-order valence-electron chi connectivity index (χ4n) is 1.99. The second-order valence-corrected chi connectivity index (χ2v) is 4.43. The van der Waals surface area contributed by atoms with Crippen molar-refractivity contribution < 1.29 is 14.4 Å². The van der Waals surface area contributed by atoms with Gasteiger partial charge in [0.1, 0.15) is 0 Å². The van der Waals surface area contributed by atoms with Gasteiger partial charge in [0, 0.05) is 16.7 Å². The number of primary amides is 3. The molecule has 6 nitrogen and oxygen atoms in total. The molecule has 21 heavy (non-hydrogen) atoms. The largest absolute Gasteiger partial charge is 0.366 e. The molecule has 2 aromatic rings. The molecule has 0 aliphatic rings. The number of nitrogens with two attached hydrogens (primary N) is 3. The standard InChI is InChI=1S/C15H13N3O3/c16-13(19)9-3-1-2-8(6-9)11-5-4-10(14(17)20)7-12(11)15(18)21/h1-7H,(H2,16,19)(H2,17,20)(H2,18,21). The molecule has 0 spiro atoms. The highest BCUT2D eigenvalue weighted by Crippen LogP contribution is 2.25. The zero-order valence-electron chi connectivity index (χ0n) is 11.0. The monoisotopic (exact) mass is 283 g/mol. The lowest BCUT2D eigenvalue weighted by Gasteiger charge is -2.09. The third-order valence-electron chi connectivity index (χ3n) is 3.03. The van der Waals surface area contributed by atoms with Crippen LogP contribution in [0.15, 0.2) is 42.5 Å². The summed E-state index contributed by atoms with van der Waals surface area (Å²) in [5.41, 5.74) is 17.5. The lowest BCUT2D eigenvalue weighted by molar-refractivity contribution is 0.0989. The van der Waals surface area contributed by atoms with Gasteiger partial charge in [-0.3, -0.25) is 14.4 Å². The maximum absolute atomic E-state index is 11.6. The van der Waals surface area contributed by atoms with Crippen molar-refractivity contribution in [3.05, 3.63) is 59.2 Å². The Bertz CT molecular complexity index is 754. The molecule has 0 atom stereocenters. The summed E-state index contributed by atoms with van der Waals surface area (Å²) in [5, 5.41) is 0. The molecule has 0 aromatic heterocycles. The van der Waals surface area contributed by atoms with Gasteiger partial charge >= 0.3 is 0 Å². The predicted octanol–water partition coefficient (Wildman–Crippen LogP) is 0.650. The first kappa shape index (κ1) is 14.3. The Labute approximate surface area is 120 Å². The highest BCUT2D eigenvalue weighted by Gasteiger charge is 2.14. The van der Waals surface area contributed by atoms with Crippen molar-refractivity contribution in [3.8, 4) is 11.1 Å². The van der Waals surface area contributed by atoms with E-state index < -0.39 is 17.7 Å². The zero-order chi connectivity index (χ0) is 15.6. The minimum absolute atomic E-state index is 0.146.